The Labute approximate surface area is 109 Å². The van der Waals surface area contributed by atoms with Crippen molar-refractivity contribution in [1.29, 1.82) is 0 Å². The Morgan fingerprint density at radius 3 is 2.56 bits per heavy atom. The zero-order valence-corrected chi connectivity index (χ0v) is 11.6. The molecule has 1 saturated heterocycles. The molecule has 1 aromatic rings. The lowest BCUT2D eigenvalue weighted by molar-refractivity contribution is 0.0213. The van der Waals surface area contributed by atoms with Crippen molar-refractivity contribution >= 4 is 5.78 Å². The summed E-state index contributed by atoms with van der Waals surface area (Å²) in [5, 5.41) is 0. The average molecular weight is 246 g/mol. The number of hydrogen-bond donors (Lipinski definition) is 0. The van der Waals surface area contributed by atoms with Crippen molar-refractivity contribution in [3.8, 4) is 0 Å². The van der Waals surface area contributed by atoms with Crippen molar-refractivity contribution in [2.24, 2.45) is 0 Å². The van der Waals surface area contributed by atoms with Crippen LogP contribution in [0.15, 0.2) is 18.2 Å². The Hall–Kier alpha value is -1.15. The van der Waals surface area contributed by atoms with Crippen molar-refractivity contribution in [3.63, 3.8) is 0 Å². The number of Topliss-reactive ketones (excluding diaryl/α,β-unsaturated/α-hetero) is 1. The van der Waals surface area contributed by atoms with Crippen LogP contribution >= 0.6 is 0 Å². The zero-order valence-electron chi connectivity index (χ0n) is 11.6. The molecule has 2 nitrogen and oxygen atoms in total. The second-order valence-electron chi connectivity index (χ2n) is 5.20. The number of benzene rings is 1. The molecule has 2 heteroatoms. The van der Waals surface area contributed by atoms with Gasteiger partial charge in [-0.1, -0.05) is 26.0 Å². The van der Waals surface area contributed by atoms with Crippen LogP contribution in [0.5, 0.6) is 0 Å². The molecule has 0 amide bonds. The lowest BCUT2D eigenvalue weighted by Gasteiger charge is -2.22. The van der Waals surface area contributed by atoms with Crippen molar-refractivity contribution in [2.45, 2.75) is 52.1 Å². The second-order valence-corrected chi connectivity index (χ2v) is 5.20. The van der Waals surface area contributed by atoms with Gasteiger partial charge in [-0.05, 0) is 49.8 Å². The molecule has 1 aliphatic heterocycles. The fourth-order valence-electron chi connectivity index (χ4n) is 2.70. The zero-order chi connectivity index (χ0) is 13.2. The highest BCUT2D eigenvalue weighted by Gasteiger charge is 2.38. The largest absolute Gasteiger partial charge is 0.367 e. The molecule has 0 N–H and O–H groups in total. The molecule has 2 rings (SSSR count). The van der Waals surface area contributed by atoms with Gasteiger partial charge in [0.25, 0.3) is 0 Å². The molecule has 0 saturated carbocycles. The maximum atomic E-state index is 12.5. The van der Waals surface area contributed by atoms with Gasteiger partial charge in [0, 0.05) is 12.2 Å². The molecule has 1 fully saturated rings. The van der Waals surface area contributed by atoms with Crippen LogP contribution in [0.2, 0.25) is 0 Å². The molecule has 0 spiro atoms. The lowest BCUT2D eigenvalue weighted by Crippen LogP contribution is -2.34. The standard InChI is InChI=1S/C16H22O2/c1-4-12-7-8-14(11-13(12)5-2)15(17)16(3)9-6-10-18-16/h7-8,11H,4-6,9-10H2,1-3H3. The molecule has 1 atom stereocenters. The van der Waals surface area contributed by atoms with Crippen LogP contribution in [0, 0.1) is 0 Å². The molecule has 0 aliphatic carbocycles. The number of hydrogen-bond acceptors (Lipinski definition) is 2. The summed E-state index contributed by atoms with van der Waals surface area (Å²) in [4.78, 5) is 12.5. The van der Waals surface area contributed by atoms with Crippen LogP contribution in [0.1, 0.15) is 55.1 Å². The normalized spacial score (nSPS) is 23.3. The summed E-state index contributed by atoms with van der Waals surface area (Å²) in [6.45, 7) is 6.91. The number of aryl methyl sites for hydroxylation is 2. The van der Waals surface area contributed by atoms with Gasteiger partial charge < -0.3 is 4.74 Å². The third-order valence-electron chi connectivity index (χ3n) is 3.93. The number of carbonyl (C=O) groups is 1. The van der Waals surface area contributed by atoms with Crippen molar-refractivity contribution in [2.75, 3.05) is 6.61 Å². The molecule has 0 bridgehead atoms. The molecular weight excluding hydrogens is 224 g/mol. The minimum absolute atomic E-state index is 0.136. The van der Waals surface area contributed by atoms with Crippen LogP contribution < -0.4 is 0 Å². The first-order valence-electron chi connectivity index (χ1n) is 6.91. The molecule has 1 aliphatic rings. The van der Waals surface area contributed by atoms with Gasteiger partial charge >= 0.3 is 0 Å². The Morgan fingerprint density at radius 2 is 2.00 bits per heavy atom. The predicted molar refractivity (Wildman–Crippen MR) is 73.1 cm³/mol. The van der Waals surface area contributed by atoms with Gasteiger partial charge in [0.15, 0.2) is 5.78 Å². The Kier molecular flexibility index (Phi) is 3.86. The minimum atomic E-state index is -0.598. The first kappa shape index (κ1) is 13.3. The van der Waals surface area contributed by atoms with Gasteiger partial charge in [0.05, 0.1) is 0 Å². The van der Waals surface area contributed by atoms with Crippen molar-refractivity contribution in [1.82, 2.24) is 0 Å². The van der Waals surface area contributed by atoms with E-state index in [0.717, 1.165) is 31.2 Å². The first-order valence-corrected chi connectivity index (χ1v) is 6.91. The van der Waals surface area contributed by atoms with Crippen molar-refractivity contribution < 1.29 is 9.53 Å². The molecule has 1 heterocycles. The van der Waals surface area contributed by atoms with Gasteiger partial charge in [-0.25, -0.2) is 0 Å². The molecule has 1 unspecified atom stereocenters. The van der Waals surface area contributed by atoms with E-state index in [0.29, 0.717) is 6.61 Å². The van der Waals surface area contributed by atoms with Crippen molar-refractivity contribution in [3.05, 3.63) is 34.9 Å². The topological polar surface area (TPSA) is 26.3 Å². The maximum Gasteiger partial charge on any atom is 0.194 e. The SMILES string of the molecule is CCc1ccc(C(=O)C2(C)CCCO2)cc1CC. The molecule has 1 aromatic carbocycles. The second kappa shape index (κ2) is 5.23. The lowest BCUT2D eigenvalue weighted by atomic mass is 9.89. The average Bonchev–Trinajstić information content (AvgIpc) is 2.85. The summed E-state index contributed by atoms with van der Waals surface area (Å²) in [5.74, 6) is 0.136. The number of ketones is 1. The van der Waals surface area contributed by atoms with Crippen LogP contribution in [0.25, 0.3) is 0 Å². The van der Waals surface area contributed by atoms with Gasteiger partial charge in [0.2, 0.25) is 0 Å². The highest BCUT2D eigenvalue weighted by Crippen LogP contribution is 2.29. The number of ether oxygens (including phenoxy) is 1. The van der Waals surface area contributed by atoms with Gasteiger partial charge in [0.1, 0.15) is 5.60 Å². The first-order chi connectivity index (χ1) is 8.60. The van der Waals surface area contributed by atoms with Crippen LogP contribution in [0.3, 0.4) is 0 Å². The van der Waals surface area contributed by atoms with E-state index in [2.05, 4.69) is 19.9 Å². The summed E-state index contributed by atoms with van der Waals surface area (Å²) in [6, 6.07) is 6.09. The highest BCUT2D eigenvalue weighted by atomic mass is 16.5. The van der Waals surface area contributed by atoms with E-state index in [9.17, 15) is 4.79 Å². The van der Waals surface area contributed by atoms with E-state index < -0.39 is 5.60 Å². The van der Waals surface area contributed by atoms with Gasteiger partial charge in [-0.3, -0.25) is 4.79 Å². The molecule has 98 valence electrons. The van der Waals surface area contributed by atoms with E-state index in [1.54, 1.807) is 0 Å². The van der Waals surface area contributed by atoms with Crippen LogP contribution in [-0.4, -0.2) is 18.0 Å². The van der Waals surface area contributed by atoms with Gasteiger partial charge in [-0.15, -0.1) is 0 Å². The number of carbonyl (C=O) groups excluding carboxylic acids is 1. The summed E-state index contributed by atoms with van der Waals surface area (Å²) >= 11 is 0. The molecule has 18 heavy (non-hydrogen) atoms. The van der Waals surface area contributed by atoms with E-state index >= 15 is 0 Å². The fraction of sp³-hybridized carbons (Fsp3) is 0.562. The third kappa shape index (κ3) is 2.35. The quantitative estimate of drug-likeness (QED) is 0.759. The summed E-state index contributed by atoms with van der Waals surface area (Å²) in [5.41, 5.74) is 2.82. The molecular formula is C16H22O2. The van der Waals surface area contributed by atoms with E-state index in [1.807, 2.05) is 19.1 Å². The Balaban J connectivity index is 2.31. The third-order valence-corrected chi connectivity index (χ3v) is 3.93. The summed E-state index contributed by atoms with van der Waals surface area (Å²) < 4.78 is 5.64. The maximum absolute atomic E-state index is 12.5. The predicted octanol–water partition coefficient (Wildman–Crippen LogP) is 3.56. The van der Waals surface area contributed by atoms with E-state index in [4.69, 9.17) is 4.74 Å². The molecule has 0 radical (unpaired) electrons. The van der Waals surface area contributed by atoms with Crippen LogP contribution in [-0.2, 0) is 17.6 Å². The van der Waals surface area contributed by atoms with E-state index in [-0.39, 0.29) is 5.78 Å². The van der Waals surface area contributed by atoms with E-state index in [1.165, 1.54) is 11.1 Å². The number of rotatable bonds is 4. The monoisotopic (exact) mass is 246 g/mol. The minimum Gasteiger partial charge on any atom is -0.367 e. The summed E-state index contributed by atoms with van der Waals surface area (Å²) in [6.07, 6.45) is 3.81. The smallest absolute Gasteiger partial charge is 0.194 e. The Bertz CT molecular complexity index is 442. The summed E-state index contributed by atoms with van der Waals surface area (Å²) in [7, 11) is 0. The highest BCUT2D eigenvalue weighted by molar-refractivity contribution is 6.02. The van der Waals surface area contributed by atoms with Crippen LogP contribution in [0.4, 0.5) is 0 Å². The fourth-order valence-corrected chi connectivity index (χ4v) is 2.70. The van der Waals surface area contributed by atoms with Gasteiger partial charge in [-0.2, -0.15) is 0 Å². The Morgan fingerprint density at radius 1 is 1.28 bits per heavy atom. The molecule has 0 aromatic heterocycles.